The summed E-state index contributed by atoms with van der Waals surface area (Å²) in [6, 6.07) is 8.53. The van der Waals surface area contributed by atoms with Crippen LogP contribution in [-0.4, -0.2) is 12.1 Å². The molecule has 2 amide bonds. The summed E-state index contributed by atoms with van der Waals surface area (Å²) in [5, 5.41) is 1.15. The van der Waals surface area contributed by atoms with Gasteiger partial charge in [-0.1, -0.05) is 18.2 Å². The fraction of sp³-hybridized carbons (Fsp3) is 0.300. The number of benzene rings is 1. The van der Waals surface area contributed by atoms with Crippen LogP contribution in [0.3, 0.4) is 0 Å². The Kier molecular flexibility index (Phi) is 2.37. The van der Waals surface area contributed by atoms with Crippen LogP contribution in [0, 0.1) is 0 Å². The van der Waals surface area contributed by atoms with Crippen LogP contribution in [0.4, 0.5) is 10.5 Å². The van der Waals surface area contributed by atoms with E-state index in [1.165, 1.54) is 0 Å². The number of urea groups is 1. The van der Waals surface area contributed by atoms with Gasteiger partial charge in [0.25, 0.3) is 0 Å². The van der Waals surface area contributed by atoms with E-state index in [4.69, 9.17) is 10.6 Å². The molecule has 1 aliphatic rings. The molecule has 0 atom stereocenters. The van der Waals surface area contributed by atoms with Gasteiger partial charge in [-0.15, -0.1) is 0 Å². The van der Waals surface area contributed by atoms with Crippen molar-refractivity contribution >= 4 is 11.7 Å². The van der Waals surface area contributed by atoms with Crippen LogP contribution in [0.15, 0.2) is 30.3 Å². The van der Waals surface area contributed by atoms with Gasteiger partial charge in [0.2, 0.25) is 0 Å². The van der Waals surface area contributed by atoms with E-state index in [0.717, 1.165) is 17.9 Å². The summed E-state index contributed by atoms with van der Waals surface area (Å²) in [5.74, 6) is 0. The molecule has 2 rings (SSSR count). The van der Waals surface area contributed by atoms with Crippen molar-refractivity contribution in [2.45, 2.75) is 18.9 Å². The summed E-state index contributed by atoms with van der Waals surface area (Å²) in [7, 11) is 0. The molecule has 1 fully saturated rings. The molecule has 1 aliphatic carbocycles. The fourth-order valence-electron chi connectivity index (χ4n) is 1.13. The van der Waals surface area contributed by atoms with Crippen LogP contribution < -0.4 is 10.8 Å². The lowest BCUT2D eigenvalue weighted by molar-refractivity contribution is 0.107. The molecule has 1 saturated carbocycles. The molecule has 0 saturated heterocycles. The Balaban J connectivity index is 2.13. The Labute approximate surface area is 82.2 Å². The van der Waals surface area contributed by atoms with Crippen molar-refractivity contribution in [3.8, 4) is 0 Å². The second kappa shape index (κ2) is 3.67. The highest BCUT2D eigenvalue weighted by molar-refractivity contribution is 5.88. The number of amides is 2. The highest BCUT2D eigenvalue weighted by Gasteiger charge is 2.28. The van der Waals surface area contributed by atoms with Crippen LogP contribution in [0.1, 0.15) is 12.8 Å². The van der Waals surface area contributed by atoms with Gasteiger partial charge in [-0.05, 0) is 25.0 Å². The maximum atomic E-state index is 11.1. The number of hydrogen-bond acceptors (Lipinski definition) is 2. The number of nitrogens with zero attached hydrogens (tertiary/aromatic N) is 1. The Hall–Kier alpha value is -1.55. The van der Waals surface area contributed by atoms with Crippen molar-refractivity contribution in [3.63, 3.8) is 0 Å². The molecule has 0 bridgehead atoms. The van der Waals surface area contributed by atoms with Gasteiger partial charge in [0, 0.05) is 0 Å². The number of hydroxylamine groups is 1. The number of carbonyl (C=O) groups excluding carboxylic acids is 1. The van der Waals surface area contributed by atoms with E-state index in [0.29, 0.717) is 5.69 Å². The van der Waals surface area contributed by atoms with E-state index in [9.17, 15) is 4.79 Å². The molecule has 4 nitrogen and oxygen atoms in total. The zero-order valence-corrected chi connectivity index (χ0v) is 7.72. The smallest absolute Gasteiger partial charge is 0.343 e. The average Bonchev–Trinajstić information content (AvgIpc) is 2.99. The largest absolute Gasteiger partial charge is 0.349 e. The lowest BCUT2D eigenvalue weighted by Gasteiger charge is -2.18. The summed E-state index contributed by atoms with van der Waals surface area (Å²) < 4.78 is 0. The molecule has 0 unspecified atom stereocenters. The van der Waals surface area contributed by atoms with E-state index in [1.54, 1.807) is 12.1 Å². The standard InChI is InChI=1S/C10H12N2O2/c11-10(13)12(14-9-6-7-9)8-4-2-1-3-5-8/h1-5,9H,6-7H2,(H2,11,13). The van der Waals surface area contributed by atoms with Gasteiger partial charge in [-0.3, -0.25) is 4.84 Å². The molecule has 2 N–H and O–H groups in total. The third-order valence-electron chi connectivity index (χ3n) is 1.97. The number of nitrogens with two attached hydrogens (primary N) is 1. The molecular formula is C10H12N2O2. The van der Waals surface area contributed by atoms with Crippen molar-refractivity contribution in [3.05, 3.63) is 30.3 Å². The van der Waals surface area contributed by atoms with Crippen LogP contribution in [0.5, 0.6) is 0 Å². The monoisotopic (exact) mass is 192 g/mol. The third-order valence-corrected chi connectivity index (χ3v) is 1.97. The highest BCUT2D eigenvalue weighted by Crippen LogP contribution is 2.27. The first kappa shape index (κ1) is 9.02. The predicted octanol–water partition coefficient (Wildman–Crippen LogP) is 1.67. The zero-order valence-electron chi connectivity index (χ0n) is 7.72. The second-order valence-corrected chi connectivity index (χ2v) is 3.27. The first-order valence-electron chi connectivity index (χ1n) is 4.59. The molecule has 0 radical (unpaired) electrons. The van der Waals surface area contributed by atoms with Crippen molar-refractivity contribution in [2.24, 2.45) is 5.73 Å². The number of para-hydroxylation sites is 1. The molecular weight excluding hydrogens is 180 g/mol. The normalized spacial score (nSPS) is 15.1. The molecule has 14 heavy (non-hydrogen) atoms. The molecule has 1 aromatic rings. The van der Waals surface area contributed by atoms with Crippen LogP contribution in [0.25, 0.3) is 0 Å². The SMILES string of the molecule is NC(=O)N(OC1CC1)c1ccccc1. The number of hydrogen-bond donors (Lipinski definition) is 1. The molecule has 4 heteroatoms. The van der Waals surface area contributed by atoms with Gasteiger partial charge in [0.1, 0.15) is 0 Å². The maximum Gasteiger partial charge on any atom is 0.343 e. The average molecular weight is 192 g/mol. The second-order valence-electron chi connectivity index (χ2n) is 3.27. The van der Waals surface area contributed by atoms with E-state index in [1.807, 2.05) is 18.2 Å². The van der Waals surface area contributed by atoms with Crippen molar-refractivity contribution in [1.82, 2.24) is 0 Å². The Bertz CT molecular complexity index is 322. The summed E-state index contributed by atoms with van der Waals surface area (Å²) in [4.78, 5) is 16.5. The number of primary amides is 1. The number of carbonyl (C=O) groups is 1. The van der Waals surface area contributed by atoms with E-state index < -0.39 is 6.03 Å². The summed E-state index contributed by atoms with van der Waals surface area (Å²) in [5.41, 5.74) is 5.88. The highest BCUT2D eigenvalue weighted by atomic mass is 16.7. The van der Waals surface area contributed by atoms with Gasteiger partial charge in [0.05, 0.1) is 11.8 Å². The van der Waals surface area contributed by atoms with Gasteiger partial charge < -0.3 is 5.73 Å². The Morgan fingerprint density at radius 2 is 2.00 bits per heavy atom. The van der Waals surface area contributed by atoms with Gasteiger partial charge in [-0.2, -0.15) is 5.06 Å². The maximum absolute atomic E-state index is 11.1. The van der Waals surface area contributed by atoms with Crippen LogP contribution >= 0.6 is 0 Å². The Morgan fingerprint density at radius 1 is 1.36 bits per heavy atom. The molecule has 0 aromatic heterocycles. The first-order valence-corrected chi connectivity index (χ1v) is 4.59. The minimum absolute atomic E-state index is 0.155. The summed E-state index contributed by atoms with van der Waals surface area (Å²) in [6.45, 7) is 0. The van der Waals surface area contributed by atoms with Crippen LogP contribution in [0.2, 0.25) is 0 Å². The molecule has 0 aliphatic heterocycles. The summed E-state index contributed by atoms with van der Waals surface area (Å²) in [6.07, 6.45) is 2.15. The fourth-order valence-corrected chi connectivity index (χ4v) is 1.13. The van der Waals surface area contributed by atoms with Crippen LogP contribution in [-0.2, 0) is 4.84 Å². The van der Waals surface area contributed by atoms with Crippen molar-refractivity contribution in [2.75, 3.05) is 5.06 Å². The summed E-state index contributed by atoms with van der Waals surface area (Å²) >= 11 is 0. The quantitative estimate of drug-likeness (QED) is 0.740. The molecule has 0 heterocycles. The zero-order chi connectivity index (χ0) is 9.97. The topological polar surface area (TPSA) is 55.6 Å². The lowest BCUT2D eigenvalue weighted by Crippen LogP contribution is -2.36. The lowest BCUT2D eigenvalue weighted by atomic mass is 10.3. The van der Waals surface area contributed by atoms with Gasteiger partial charge >= 0.3 is 6.03 Å². The first-order chi connectivity index (χ1) is 6.77. The third kappa shape index (κ3) is 2.03. The molecule has 1 aromatic carbocycles. The Morgan fingerprint density at radius 3 is 2.50 bits per heavy atom. The number of rotatable bonds is 3. The van der Waals surface area contributed by atoms with E-state index in [-0.39, 0.29) is 6.10 Å². The molecule has 0 spiro atoms. The van der Waals surface area contributed by atoms with Gasteiger partial charge in [-0.25, -0.2) is 4.79 Å². The minimum atomic E-state index is -0.580. The predicted molar refractivity (Wildman–Crippen MR) is 52.6 cm³/mol. The van der Waals surface area contributed by atoms with Crippen molar-refractivity contribution < 1.29 is 9.63 Å². The van der Waals surface area contributed by atoms with E-state index in [2.05, 4.69) is 0 Å². The number of anilines is 1. The van der Waals surface area contributed by atoms with Crippen molar-refractivity contribution in [1.29, 1.82) is 0 Å². The van der Waals surface area contributed by atoms with Gasteiger partial charge in [0.15, 0.2) is 0 Å². The molecule has 74 valence electrons. The minimum Gasteiger partial charge on any atom is -0.349 e. The van der Waals surface area contributed by atoms with E-state index >= 15 is 0 Å².